The Morgan fingerprint density at radius 2 is 2.03 bits per heavy atom. The van der Waals surface area contributed by atoms with Crippen LogP contribution in [0.25, 0.3) is 21.8 Å². The minimum atomic E-state index is 0.0868. The number of benzene rings is 1. The van der Waals surface area contributed by atoms with Crippen molar-refractivity contribution in [2.24, 2.45) is 0 Å². The van der Waals surface area contributed by atoms with E-state index in [9.17, 15) is 5.11 Å². The van der Waals surface area contributed by atoms with Crippen molar-refractivity contribution < 1.29 is 5.11 Å². The summed E-state index contributed by atoms with van der Waals surface area (Å²) in [5.41, 5.74) is 2.55. The Hall–Kier alpha value is -4.21. The maximum Gasteiger partial charge on any atom is 0.228 e. The number of fused-ring (bicyclic) bond motifs is 3. The largest absolute Gasteiger partial charge is 0.493 e. The highest BCUT2D eigenvalue weighted by Crippen LogP contribution is 2.34. The summed E-state index contributed by atoms with van der Waals surface area (Å²) in [7, 11) is 0. The molecule has 0 saturated carbocycles. The second kappa shape index (κ2) is 7.98. The van der Waals surface area contributed by atoms with Crippen molar-refractivity contribution in [3.8, 4) is 5.88 Å². The summed E-state index contributed by atoms with van der Waals surface area (Å²) >= 11 is 0. The van der Waals surface area contributed by atoms with Gasteiger partial charge in [-0.1, -0.05) is 18.2 Å². The fourth-order valence-corrected chi connectivity index (χ4v) is 4.38. The molecule has 0 amide bonds. The predicted octanol–water partition coefficient (Wildman–Crippen LogP) is 3.49. The van der Waals surface area contributed by atoms with Gasteiger partial charge in [-0.25, -0.2) is 4.98 Å². The minimum Gasteiger partial charge on any atom is -0.493 e. The molecule has 0 unspecified atom stereocenters. The highest BCUT2D eigenvalue weighted by atomic mass is 16.3. The summed E-state index contributed by atoms with van der Waals surface area (Å²) in [5.74, 6) is 2.24. The molecule has 1 aliphatic heterocycles. The average molecular weight is 456 g/mol. The van der Waals surface area contributed by atoms with E-state index in [1.807, 2.05) is 53.6 Å². The summed E-state index contributed by atoms with van der Waals surface area (Å²) in [4.78, 5) is 16.3. The first-order chi connectivity index (χ1) is 16.6. The molecule has 0 aliphatic carbocycles. The van der Waals surface area contributed by atoms with E-state index in [2.05, 4.69) is 37.5 Å². The standard InChI is InChI=1S/C24H25N9O/c1-15(2)33-12-18-21(23(33)34)28-24(31-7-8-32-14-27-30-20(32)13-31)29-22(18)26-11-16-9-17-5-3-4-6-19(17)25-10-16/h3-6,9-10,12,14-15,34H,7-8,11,13H2,1-2H3,(H,26,28,29). The second-order valence-corrected chi connectivity index (χ2v) is 8.84. The molecule has 0 saturated heterocycles. The van der Waals surface area contributed by atoms with Crippen molar-refractivity contribution in [3.63, 3.8) is 0 Å². The average Bonchev–Trinajstić information content (AvgIpc) is 3.46. The lowest BCUT2D eigenvalue weighted by Gasteiger charge is -2.27. The maximum atomic E-state index is 10.9. The molecule has 0 spiro atoms. The number of aromatic nitrogens is 7. The van der Waals surface area contributed by atoms with Gasteiger partial charge in [-0.05, 0) is 31.5 Å². The summed E-state index contributed by atoms with van der Waals surface area (Å²) < 4.78 is 3.85. The van der Waals surface area contributed by atoms with Crippen molar-refractivity contribution in [1.82, 2.24) is 34.3 Å². The summed E-state index contributed by atoms with van der Waals surface area (Å²) in [6.07, 6.45) is 5.53. The third kappa shape index (κ3) is 3.47. The maximum absolute atomic E-state index is 10.9. The van der Waals surface area contributed by atoms with Crippen LogP contribution in [0, 0.1) is 0 Å². The van der Waals surface area contributed by atoms with E-state index < -0.39 is 0 Å². The second-order valence-electron chi connectivity index (χ2n) is 8.84. The third-order valence-electron chi connectivity index (χ3n) is 6.24. The zero-order valence-electron chi connectivity index (χ0n) is 19.0. The Bertz CT molecular complexity index is 1500. The van der Waals surface area contributed by atoms with Gasteiger partial charge in [0.2, 0.25) is 11.8 Å². The molecule has 0 fully saturated rings. The van der Waals surface area contributed by atoms with Crippen molar-refractivity contribution in [3.05, 3.63) is 60.4 Å². The van der Waals surface area contributed by atoms with Crippen LogP contribution in [0.1, 0.15) is 31.3 Å². The molecular formula is C24H25N9O. The molecule has 0 radical (unpaired) electrons. The van der Waals surface area contributed by atoms with Crippen LogP contribution in [-0.2, 0) is 19.6 Å². The predicted molar refractivity (Wildman–Crippen MR) is 130 cm³/mol. The number of para-hydroxylation sites is 1. The van der Waals surface area contributed by atoms with E-state index in [0.29, 0.717) is 30.4 Å². The van der Waals surface area contributed by atoms with E-state index in [-0.39, 0.29) is 11.9 Å². The first kappa shape index (κ1) is 20.4. The Morgan fingerprint density at radius 1 is 1.15 bits per heavy atom. The van der Waals surface area contributed by atoms with Gasteiger partial charge in [0.25, 0.3) is 0 Å². The Labute approximate surface area is 195 Å². The van der Waals surface area contributed by atoms with Crippen LogP contribution in [-0.4, -0.2) is 45.9 Å². The lowest BCUT2D eigenvalue weighted by molar-refractivity contribution is 0.404. The fraction of sp³-hybridized carbons (Fsp3) is 0.292. The number of aromatic hydroxyl groups is 1. The number of rotatable bonds is 5. The molecule has 5 heterocycles. The van der Waals surface area contributed by atoms with Gasteiger partial charge < -0.3 is 24.5 Å². The lowest BCUT2D eigenvalue weighted by atomic mass is 10.1. The SMILES string of the molecule is CC(C)n1cc2c(NCc3cnc4ccccc4c3)nc(N3CCn4cnnc4C3)nc2c1O. The van der Waals surface area contributed by atoms with Crippen LogP contribution in [0.3, 0.4) is 0 Å². The Balaban J connectivity index is 1.38. The van der Waals surface area contributed by atoms with Crippen molar-refractivity contribution in [1.29, 1.82) is 0 Å². The lowest BCUT2D eigenvalue weighted by Crippen LogP contribution is -2.34. The van der Waals surface area contributed by atoms with Gasteiger partial charge in [0.1, 0.15) is 17.7 Å². The number of pyridine rings is 1. The molecule has 4 aromatic heterocycles. The van der Waals surface area contributed by atoms with E-state index in [1.165, 1.54) is 0 Å². The fourth-order valence-electron chi connectivity index (χ4n) is 4.38. The number of nitrogens with one attached hydrogen (secondary N) is 1. The highest BCUT2D eigenvalue weighted by molar-refractivity contribution is 5.94. The number of anilines is 2. The van der Waals surface area contributed by atoms with E-state index in [0.717, 1.165) is 40.8 Å². The molecule has 1 aromatic carbocycles. The minimum absolute atomic E-state index is 0.0868. The highest BCUT2D eigenvalue weighted by Gasteiger charge is 2.23. The van der Waals surface area contributed by atoms with Crippen molar-refractivity contribution >= 4 is 33.6 Å². The zero-order chi connectivity index (χ0) is 23.2. The van der Waals surface area contributed by atoms with Gasteiger partial charge >= 0.3 is 0 Å². The molecule has 172 valence electrons. The molecule has 0 bridgehead atoms. The monoisotopic (exact) mass is 455 g/mol. The van der Waals surface area contributed by atoms with Crippen LogP contribution in [0.5, 0.6) is 5.88 Å². The molecular weight excluding hydrogens is 430 g/mol. The van der Waals surface area contributed by atoms with E-state index >= 15 is 0 Å². The zero-order valence-corrected chi connectivity index (χ0v) is 19.0. The topological polar surface area (TPSA) is 110 Å². The van der Waals surface area contributed by atoms with E-state index in [4.69, 9.17) is 9.97 Å². The Kier molecular flexibility index (Phi) is 4.79. The summed E-state index contributed by atoms with van der Waals surface area (Å²) in [6.45, 7) is 6.65. The summed E-state index contributed by atoms with van der Waals surface area (Å²) in [5, 5.41) is 24.5. The molecule has 0 atom stereocenters. The van der Waals surface area contributed by atoms with Crippen LogP contribution in [0.15, 0.2) is 49.1 Å². The molecule has 10 nitrogen and oxygen atoms in total. The third-order valence-corrected chi connectivity index (χ3v) is 6.24. The van der Waals surface area contributed by atoms with Crippen LogP contribution >= 0.6 is 0 Å². The normalized spacial score (nSPS) is 13.7. The molecule has 6 rings (SSSR count). The molecule has 1 aliphatic rings. The van der Waals surface area contributed by atoms with Gasteiger partial charge in [0, 0.05) is 43.5 Å². The van der Waals surface area contributed by atoms with Gasteiger partial charge in [-0.2, -0.15) is 4.98 Å². The van der Waals surface area contributed by atoms with Gasteiger partial charge in [0.05, 0.1) is 17.4 Å². The van der Waals surface area contributed by atoms with Gasteiger partial charge in [0.15, 0.2) is 5.82 Å². The van der Waals surface area contributed by atoms with Crippen LogP contribution in [0.4, 0.5) is 11.8 Å². The first-order valence-corrected chi connectivity index (χ1v) is 11.4. The molecule has 5 aromatic rings. The number of nitrogens with zero attached hydrogens (tertiary/aromatic N) is 8. The van der Waals surface area contributed by atoms with Crippen LogP contribution in [0.2, 0.25) is 0 Å². The summed E-state index contributed by atoms with van der Waals surface area (Å²) in [6, 6.07) is 10.3. The first-order valence-electron chi connectivity index (χ1n) is 11.4. The molecule has 34 heavy (non-hydrogen) atoms. The van der Waals surface area contributed by atoms with Gasteiger partial charge in [-0.3, -0.25) is 4.98 Å². The smallest absolute Gasteiger partial charge is 0.228 e. The van der Waals surface area contributed by atoms with Crippen LogP contribution < -0.4 is 10.2 Å². The molecule has 2 N–H and O–H groups in total. The molecule has 10 heteroatoms. The quantitative estimate of drug-likeness (QED) is 0.414. The van der Waals surface area contributed by atoms with Gasteiger partial charge in [-0.15, -0.1) is 10.2 Å². The Morgan fingerprint density at radius 3 is 2.91 bits per heavy atom. The number of hydrogen-bond acceptors (Lipinski definition) is 8. The van der Waals surface area contributed by atoms with Crippen molar-refractivity contribution in [2.75, 3.05) is 16.8 Å². The number of hydrogen-bond donors (Lipinski definition) is 2. The van der Waals surface area contributed by atoms with E-state index in [1.54, 1.807) is 6.33 Å². The van der Waals surface area contributed by atoms with Crippen molar-refractivity contribution in [2.45, 2.75) is 39.5 Å².